The molecule has 0 radical (unpaired) electrons. The molecule has 0 aliphatic heterocycles. The number of aliphatic hydroxyl groups is 1. The average molecular weight is 282 g/mol. The van der Waals surface area contributed by atoms with E-state index >= 15 is 0 Å². The Hall–Kier alpha value is -1.46. The molecule has 0 bridgehead atoms. The molecule has 1 aromatic rings. The Balaban J connectivity index is 2.27. The van der Waals surface area contributed by atoms with Crippen LogP contribution in [0.15, 0.2) is 24.3 Å². The van der Waals surface area contributed by atoms with Crippen LogP contribution in [0.3, 0.4) is 0 Å². The molecule has 5 heteroatoms. The van der Waals surface area contributed by atoms with E-state index in [1.807, 2.05) is 13.8 Å². The van der Waals surface area contributed by atoms with Gasteiger partial charge >= 0.3 is 0 Å². The number of aliphatic hydroxyl groups excluding tert-OH is 1. The molecule has 1 atom stereocenters. The molecule has 1 unspecified atom stereocenters. The van der Waals surface area contributed by atoms with Gasteiger partial charge in [0.1, 0.15) is 5.82 Å². The van der Waals surface area contributed by atoms with Crippen molar-refractivity contribution in [2.24, 2.45) is 0 Å². The van der Waals surface area contributed by atoms with Crippen LogP contribution in [-0.4, -0.2) is 42.1 Å². The maximum Gasteiger partial charge on any atom is 0.223 e. The summed E-state index contributed by atoms with van der Waals surface area (Å²) < 4.78 is 12.7. The molecule has 112 valence electrons. The summed E-state index contributed by atoms with van der Waals surface area (Å²) in [5.41, 5.74) is 0.661. The number of hydrogen-bond acceptors (Lipinski definition) is 3. The van der Waals surface area contributed by atoms with Gasteiger partial charge in [-0.25, -0.2) is 4.39 Å². The van der Waals surface area contributed by atoms with Crippen molar-refractivity contribution in [3.05, 3.63) is 35.6 Å². The van der Waals surface area contributed by atoms with Crippen molar-refractivity contribution in [2.75, 3.05) is 26.2 Å². The third-order valence-electron chi connectivity index (χ3n) is 3.22. The fraction of sp³-hybridized carbons (Fsp3) is 0.533. The molecular formula is C15H23FN2O2. The Morgan fingerprint density at radius 1 is 1.30 bits per heavy atom. The summed E-state index contributed by atoms with van der Waals surface area (Å²) in [6, 6.07) is 5.76. The number of amides is 1. The van der Waals surface area contributed by atoms with E-state index in [2.05, 4.69) is 5.32 Å². The highest BCUT2D eigenvalue weighted by Gasteiger charge is 2.10. The molecular weight excluding hydrogens is 259 g/mol. The van der Waals surface area contributed by atoms with Crippen molar-refractivity contribution in [3.63, 3.8) is 0 Å². The number of carbonyl (C=O) groups is 1. The lowest BCUT2D eigenvalue weighted by Crippen LogP contribution is -2.33. The number of nitrogens with one attached hydrogen (secondary N) is 1. The zero-order valence-electron chi connectivity index (χ0n) is 12.1. The smallest absolute Gasteiger partial charge is 0.223 e. The predicted octanol–water partition coefficient (Wildman–Crippen LogP) is 1.71. The van der Waals surface area contributed by atoms with Gasteiger partial charge < -0.3 is 15.3 Å². The van der Waals surface area contributed by atoms with E-state index in [0.717, 1.165) is 0 Å². The first-order valence-electron chi connectivity index (χ1n) is 7.00. The number of rotatable bonds is 8. The lowest BCUT2D eigenvalue weighted by molar-refractivity contribution is -0.130. The highest BCUT2D eigenvalue weighted by molar-refractivity contribution is 5.76. The molecule has 0 saturated carbocycles. The second-order valence-corrected chi connectivity index (χ2v) is 4.59. The van der Waals surface area contributed by atoms with Crippen LogP contribution in [0.4, 0.5) is 4.39 Å². The van der Waals surface area contributed by atoms with Gasteiger partial charge in [-0.15, -0.1) is 0 Å². The van der Waals surface area contributed by atoms with E-state index < -0.39 is 6.10 Å². The summed E-state index contributed by atoms with van der Waals surface area (Å²) in [6.45, 7) is 6.20. The average Bonchev–Trinajstić information content (AvgIpc) is 2.45. The molecule has 0 aliphatic carbocycles. The van der Waals surface area contributed by atoms with Crippen molar-refractivity contribution in [2.45, 2.75) is 26.4 Å². The Kier molecular flexibility index (Phi) is 7.18. The monoisotopic (exact) mass is 282 g/mol. The largest absolute Gasteiger partial charge is 0.387 e. The topological polar surface area (TPSA) is 52.6 Å². The summed E-state index contributed by atoms with van der Waals surface area (Å²) in [5, 5.41) is 12.9. The Morgan fingerprint density at radius 3 is 2.45 bits per heavy atom. The second-order valence-electron chi connectivity index (χ2n) is 4.59. The molecule has 0 saturated heterocycles. The predicted molar refractivity (Wildman–Crippen MR) is 76.8 cm³/mol. The Labute approximate surface area is 119 Å². The van der Waals surface area contributed by atoms with Gasteiger partial charge in [-0.1, -0.05) is 12.1 Å². The fourth-order valence-corrected chi connectivity index (χ4v) is 1.97. The van der Waals surface area contributed by atoms with E-state index in [0.29, 0.717) is 38.2 Å². The molecule has 0 fully saturated rings. The molecule has 0 heterocycles. The summed E-state index contributed by atoms with van der Waals surface area (Å²) >= 11 is 0. The number of benzene rings is 1. The molecule has 1 amide bonds. The molecule has 4 nitrogen and oxygen atoms in total. The van der Waals surface area contributed by atoms with Gasteiger partial charge in [0.05, 0.1) is 6.10 Å². The molecule has 1 rings (SSSR count). The van der Waals surface area contributed by atoms with Gasteiger partial charge in [-0.3, -0.25) is 4.79 Å². The molecule has 20 heavy (non-hydrogen) atoms. The van der Waals surface area contributed by atoms with Crippen molar-refractivity contribution in [1.29, 1.82) is 0 Å². The molecule has 2 N–H and O–H groups in total. The second kappa shape index (κ2) is 8.66. The molecule has 0 spiro atoms. The van der Waals surface area contributed by atoms with Gasteiger partial charge in [0.25, 0.3) is 0 Å². The third-order valence-corrected chi connectivity index (χ3v) is 3.22. The van der Waals surface area contributed by atoms with E-state index in [1.165, 1.54) is 12.1 Å². The molecule has 1 aromatic carbocycles. The standard InChI is InChI=1S/C15H23FN2O2/c1-3-18(4-2)15(20)9-10-17-11-14(19)12-5-7-13(16)8-6-12/h5-8,14,17,19H,3-4,9-11H2,1-2H3. The number of nitrogens with zero attached hydrogens (tertiary/aromatic N) is 1. The van der Waals surface area contributed by atoms with Crippen LogP contribution < -0.4 is 5.32 Å². The van der Waals surface area contributed by atoms with Gasteiger partial charge in [-0.2, -0.15) is 0 Å². The lowest BCUT2D eigenvalue weighted by atomic mass is 10.1. The maximum absolute atomic E-state index is 12.7. The van der Waals surface area contributed by atoms with Gasteiger partial charge in [0.15, 0.2) is 0 Å². The van der Waals surface area contributed by atoms with E-state index in [-0.39, 0.29) is 11.7 Å². The first-order valence-corrected chi connectivity index (χ1v) is 7.00. The minimum absolute atomic E-state index is 0.110. The zero-order chi connectivity index (χ0) is 15.0. The summed E-state index contributed by atoms with van der Waals surface area (Å²) in [4.78, 5) is 13.5. The van der Waals surface area contributed by atoms with E-state index in [4.69, 9.17) is 0 Å². The minimum Gasteiger partial charge on any atom is -0.387 e. The highest BCUT2D eigenvalue weighted by atomic mass is 19.1. The lowest BCUT2D eigenvalue weighted by Gasteiger charge is -2.19. The van der Waals surface area contributed by atoms with Crippen LogP contribution in [0.5, 0.6) is 0 Å². The van der Waals surface area contributed by atoms with Gasteiger partial charge in [0.2, 0.25) is 5.91 Å². The van der Waals surface area contributed by atoms with E-state index in [1.54, 1.807) is 17.0 Å². The normalized spacial score (nSPS) is 12.2. The summed E-state index contributed by atoms with van der Waals surface area (Å²) in [7, 11) is 0. The molecule has 0 aliphatic rings. The fourth-order valence-electron chi connectivity index (χ4n) is 1.97. The molecule has 0 aromatic heterocycles. The van der Waals surface area contributed by atoms with Crippen LogP contribution in [0.25, 0.3) is 0 Å². The quantitative estimate of drug-likeness (QED) is 0.714. The van der Waals surface area contributed by atoms with Crippen LogP contribution in [0, 0.1) is 5.82 Å². The number of halogens is 1. The van der Waals surface area contributed by atoms with Crippen LogP contribution in [0.2, 0.25) is 0 Å². The number of carbonyl (C=O) groups excluding carboxylic acids is 1. The minimum atomic E-state index is -0.695. The first kappa shape index (κ1) is 16.6. The SMILES string of the molecule is CCN(CC)C(=O)CCNCC(O)c1ccc(F)cc1. The van der Waals surface area contributed by atoms with Crippen molar-refractivity contribution in [3.8, 4) is 0 Å². The Morgan fingerprint density at radius 2 is 1.90 bits per heavy atom. The highest BCUT2D eigenvalue weighted by Crippen LogP contribution is 2.12. The Bertz CT molecular complexity index is 405. The third kappa shape index (κ3) is 5.27. The summed E-state index contributed by atoms with van der Waals surface area (Å²) in [5.74, 6) is -0.211. The van der Waals surface area contributed by atoms with Gasteiger partial charge in [-0.05, 0) is 31.5 Å². The van der Waals surface area contributed by atoms with Crippen molar-refractivity contribution in [1.82, 2.24) is 10.2 Å². The van der Waals surface area contributed by atoms with Crippen LogP contribution in [-0.2, 0) is 4.79 Å². The van der Waals surface area contributed by atoms with Gasteiger partial charge in [0, 0.05) is 32.6 Å². The van der Waals surface area contributed by atoms with Crippen LogP contribution in [0.1, 0.15) is 31.9 Å². The first-order chi connectivity index (χ1) is 9.58. The van der Waals surface area contributed by atoms with Crippen molar-refractivity contribution >= 4 is 5.91 Å². The van der Waals surface area contributed by atoms with Crippen molar-refractivity contribution < 1.29 is 14.3 Å². The zero-order valence-corrected chi connectivity index (χ0v) is 12.1. The summed E-state index contributed by atoms with van der Waals surface area (Å²) in [6.07, 6.45) is -0.281. The van der Waals surface area contributed by atoms with E-state index in [9.17, 15) is 14.3 Å². The number of hydrogen-bond donors (Lipinski definition) is 2. The maximum atomic E-state index is 12.7. The van der Waals surface area contributed by atoms with Crippen LogP contribution >= 0.6 is 0 Å².